The molecule has 0 atom stereocenters. The van der Waals surface area contributed by atoms with E-state index in [1.54, 1.807) is 18.2 Å². The standard InChI is InChI=1S/C12H14O4/c13-8-10-4-1-3-9(12(10)14)7-11-15-5-2-6-16-11/h1,3-4,8,11,14H,2,5-7H2. The SMILES string of the molecule is O=Cc1cccc(CC2OCCCO2)c1O. The summed E-state index contributed by atoms with van der Waals surface area (Å²) in [7, 11) is 0. The molecule has 1 aromatic carbocycles. The quantitative estimate of drug-likeness (QED) is 0.787. The average molecular weight is 222 g/mol. The minimum absolute atomic E-state index is 0.0234. The third-order valence-electron chi connectivity index (χ3n) is 2.56. The van der Waals surface area contributed by atoms with Crippen LogP contribution in [0.3, 0.4) is 0 Å². The fourth-order valence-corrected chi connectivity index (χ4v) is 1.71. The maximum absolute atomic E-state index is 10.6. The van der Waals surface area contributed by atoms with Crippen molar-refractivity contribution in [2.45, 2.75) is 19.1 Å². The number of rotatable bonds is 3. The van der Waals surface area contributed by atoms with Gasteiger partial charge < -0.3 is 14.6 Å². The molecule has 1 aromatic rings. The Hall–Kier alpha value is -1.39. The second-order valence-electron chi connectivity index (χ2n) is 3.70. The third kappa shape index (κ3) is 2.40. The molecule has 0 amide bonds. The van der Waals surface area contributed by atoms with Crippen molar-refractivity contribution >= 4 is 6.29 Å². The Bertz CT molecular complexity index is 369. The van der Waals surface area contributed by atoms with Crippen LogP contribution in [0.1, 0.15) is 22.3 Å². The number of phenols is 1. The van der Waals surface area contributed by atoms with Crippen molar-refractivity contribution in [3.8, 4) is 5.75 Å². The molecule has 1 saturated heterocycles. The van der Waals surface area contributed by atoms with Crippen LogP contribution in [0.15, 0.2) is 18.2 Å². The van der Waals surface area contributed by atoms with E-state index >= 15 is 0 Å². The molecule has 1 aliphatic heterocycles. The first-order chi connectivity index (χ1) is 7.81. The van der Waals surface area contributed by atoms with Crippen molar-refractivity contribution in [2.75, 3.05) is 13.2 Å². The number of ether oxygens (including phenoxy) is 2. The van der Waals surface area contributed by atoms with Gasteiger partial charge in [0.25, 0.3) is 0 Å². The zero-order valence-electron chi connectivity index (χ0n) is 8.89. The molecule has 0 bridgehead atoms. The summed E-state index contributed by atoms with van der Waals surface area (Å²) in [6.45, 7) is 1.36. The van der Waals surface area contributed by atoms with Crippen LogP contribution in [0.4, 0.5) is 0 Å². The van der Waals surface area contributed by atoms with E-state index < -0.39 is 0 Å². The fraction of sp³-hybridized carbons (Fsp3) is 0.417. The average Bonchev–Trinajstić information content (AvgIpc) is 2.33. The first kappa shape index (κ1) is 11.1. The highest BCUT2D eigenvalue weighted by atomic mass is 16.7. The maximum Gasteiger partial charge on any atom is 0.161 e. The molecule has 1 N–H and O–H groups in total. The van der Waals surface area contributed by atoms with E-state index in [9.17, 15) is 9.90 Å². The van der Waals surface area contributed by atoms with Crippen LogP contribution in [-0.2, 0) is 15.9 Å². The summed E-state index contributed by atoms with van der Waals surface area (Å²) in [5, 5.41) is 9.78. The van der Waals surface area contributed by atoms with Gasteiger partial charge in [-0.1, -0.05) is 12.1 Å². The van der Waals surface area contributed by atoms with Crippen LogP contribution in [0.5, 0.6) is 5.75 Å². The van der Waals surface area contributed by atoms with E-state index in [0.717, 1.165) is 6.42 Å². The van der Waals surface area contributed by atoms with E-state index in [2.05, 4.69) is 0 Å². The van der Waals surface area contributed by atoms with Gasteiger partial charge in [-0.3, -0.25) is 4.79 Å². The lowest BCUT2D eigenvalue weighted by atomic mass is 10.1. The second-order valence-corrected chi connectivity index (χ2v) is 3.70. The lowest BCUT2D eigenvalue weighted by Crippen LogP contribution is -2.26. The van der Waals surface area contributed by atoms with Crippen molar-refractivity contribution in [3.63, 3.8) is 0 Å². The summed E-state index contributed by atoms with van der Waals surface area (Å²) in [4.78, 5) is 10.6. The predicted octanol–water partition coefficient (Wildman–Crippen LogP) is 1.51. The van der Waals surface area contributed by atoms with Gasteiger partial charge >= 0.3 is 0 Å². The normalized spacial score (nSPS) is 17.2. The van der Waals surface area contributed by atoms with E-state index in [1.165, 1.54) is 0 Å². The molecule has 0 aliphatic carbocycles. The molecular weight excluding hydrogens is 208 g/mol. The molecule has 0 spiro atoms. The van der Waals surface area contributed by atoms with E-state index in [-0.39, 0.29) is 12.0 Å². The summed E-state index contributed by atoms with van der Waals surface area (Å²) < 4.78 is 10.8. The van der Waals surface area contributed by atoms with Crippen molar-refractivity contribution in [1.29, 1.82) is 0 Å². The minimum atomic E-state index is -0.318. The topological polar surface area (TPSA) is 55.8 Å². The van der Waals surface area contributed by atoms with Gasteiger partial charge in [0.2, 0.25) is 0 Å². The van der Waals surface area contributed by atoms with E-state index in [4.69, 9.17) is 9.47 Å². The number of hydrogen-bond donors (Lipinski definition) is 1. The predicted molar refractivity (Wildman–Crippen MR) is 57.5 cm³/mol. The van der Waals surface area contributed by atoms with Crippen LogP contribution in [0.25, 0.3) is 0 Å². The molecular formula is C12H14O4. The highest BCUT2D eigenvalue weighted by Gasteiger charge is 2.17. The zero-order chi connectivity index (χ0) is 11.4. The molecule has 1 fully saturated rings. The van der Waals surface area contributed by atoms with Crippen LogP contribution >= 0.6 is 0 Å². The molecule has 1 aliphatic rings. The first-order valence-electron chi connectivity index (χ1n) is 5.30. The van der Waals surface area contributed by atoms with Crippen LogP contribution < -0.4 is 0 Å². The summed E-state index contributed by atoms with van der Waals surface area (Å²) in [5.41, 5.74) is 0.977. The van der Waals surface area contributed by atoms with Gasteiger partial charge in [-0.25, -0.2) is 0 Å². The number of hydrogen-bond acceptors (Lipinski definition) is 4. The summed E-state index contributed by atoms with van der Waals surface area (Å²) in [6.07, 6.45) is 1.69. The van der Waals surface area contributed by atoms with Crippen molar-refractivity contribution in [1.82, 2.24) is 0 Å². The molecule has 0 aromatic heterocycles. The molecule has 4 heteroatoms. The Labute approximate surface area is 93.8 Å². The molecule has 0 saturated carbocycles. The summed E-state index contributed by atoms with van der Waals surface area (Å²) >= 11 is 0. The number of aldehydes is 1. The molecule has 0 unspecified atom stereocenters. The minimum Gasteiger partial charge on any atom is -0.507 e. The highest BCUT2D eigenvalue weighted by Crippen LogP contribution is 2.23. The zero-order valence-corrected chi connectivity index (χ0v) is 8.89. The number of carbonyl (C=O) groups excluding carboxylic acids is 1. The number of phenolic OH excluding ortho intramolecular Hbond substituents is 1. The van der Waals surface area contributed by atoms with Gasteiger partial charge in [-0.05, 0) is 18.1 Å². The van der Waals surface area contributed by atoms with Gasteiger partial charge in [0.05, 0.1) is 18.8 Å². The molecule has 2 rings (SSSR count). The molecule has 86 valence electrons. The van der Waals surface area contributed by atoms with Crippen molar-refractivity contribution in [2.24, 2.45) is 0 Å². The number of para-hydroxylation sites is 1. The van der Waals surface area contributed by atoms with Gasteiger partial charge in [0, 0.05) is 6.42 Å². The Morgan fingerprint density at radius 3 is 2.81 bits per heavy atom. The van der Waals surface area contributed by atoms with Gasteiger partial charge in [0.1, 0.15) is 5.75 Å². The number of benzene rings is 1. The highest BCUT2D eigenvalue weighted by molar-refractivity contribution is 5.79. The molecule has 0 radical (unpaired) electrons. The summed E-state index contributed by atoms with van der Waals surface area (Å²) in [6, 6.07) is 5.08. The molecule has 1 heterocycles. The van der Waals surface area contributed by atoms with Crippen LogP contribution in [0.2, 0.25) is 0 Å². The smallest absolute Gasteiger partial charge is 0.161 e. The van der Waals surface area contributed by atoms with Crippen molar-refractivity contribution < 1.29 is 19.4 Å². The van der Waals surface area contributed by atoms with E-state index in [0.29, 0.717) is 37.0 Å². The summed E-state index contributed by atoms with van der Waals surface area (Å²) in [5.74, 6) is 0.0234. The van der Waals surface area contributed by atoms with Crippen molar-refractivity contribution in [3.05, 3.63) is 29.3 Å². The Morgan fingerprint density at radius 1 is 1.38 bits per heavy atom. The Kier molecular flexibility index (Phi) is 3.54. The number of aromatic hydroxyl groups is 1. The van der Waals surface area contributed by atoms with Crippen LogP contribution in [0, 0.1) is 0 Å². The van der Waals surface area contributed by atoms with E-state index in [1.807, 2.05) is 0 Å². The monoisotopic (exact) mass is 222 g/mol. The Balaban J connectivity index is 2.11. The molecule has 16 heavy (non-hydrogen) atoms. The number of carbonyl (C=O) groups is 1. The maximum atomic E-state index is 10.6. The lowest BCUT2D eigenvalue weighted by Gasteiger charge is -2.23. The molecule has 4 nitrogen and oxygen atoms in total. The lowest BCUT2D eigenvalue weighted by molar-refractivity contribution is -0.177. The van der Waals surface area contributed by atoms with Crippen LogP contribution in [-0.4, -0.2) is 30.9 Å². The first-order valence-corrected chi connectivity index (χ1v) is 5.30. The Morgan fingerprint density at radius 2 is 2.12 bits per heavy atom. The second kappa shape index (κ2) is 5.09. The fourth-order valence-electron chi connectivity index (χ4n) is 1.71. The largest absolute Gasteiger partial charge is 0.507 e. The van der Waals surface area contributed by atoms with Gasteiger partial charge in [0.15, 0.2) is 12.6 Å². The van der Waals surface area contributed by atoms with Gasteiger partial charge in [-0.2, -0.15) is 0 Å². The third-order valence-corrected chi connectivity index (χ3v) is 2.56. The van der Waals surface area contributed by atoms with Gasteiger partial charge in [-0.15, -0.1) is 0 Å².